The summed E-state index contributed by atoms with van der Waals surface area (Å²) >= 11 is 0. The average Bonchev–Trinajstić information content (AvgIpc) is 2.27. The standard InChI is InChI=1S/C13H13F3N2O/c1-9(19)18-12(8-13(14,15)16)11-4-2-10(3-5-11)6-7-17/h2-5,12H,6,8H2,1H3,(H,18,19). The van der Waals surface area contributed by atoms with Gasteiger partial charge in [0.15, 0.2) is 0 Å². The molecule has 0 spiro atoms. The first-order chi connectivity index (χ1) is 8.81. The highest BCUT2D eigenvalue weighted by Crippen LogP contribution is 2.29. The molecule has 1 aromatic rings. The molecule has 0 saturated heterocycles. The van der Waals surface area contributed by atoms with E-state index in [1.807, 2.05) is 6.07 Å². The summed E-state index contributed by atoms with van der Waals surface area (Å²) in [5.74, 6) is -0.518. The van der Waals surface area contributed by atoms with Crippen molar-refractivity contribution in [1.29, 1.82) is 5.26 Å². The Bertz CT molecular complexity index is 474. The third-order valence-corrected chi connectivity index (χ3v) is 2.48. The van der Waals surface area contributed by atoms with Crippen molar-refractivity contribution in [3.63, 3.8) is 0 Å². The number of carbonyl (C=O) groups excluding carboxylic acids is 1. The number of amides is 1. The number of benzene rings is 1. The topological polar surface area (TPSA) is 52.9 Å². The SMILES string of the molecule is CC(=O)NC(CC(F)(F)F)c1ccc(CC#N)cc1. The van der Waals surface area contributed by atoms with Crippen molar-refractivity contribution in [3.8, 4) is 6.07 Å². The summed E-state index contributed by atoms with van der Waals surface area (Å²) in [7, 11) is 0. The Morgan fingerprint density at radius 2 is 1.95 bits per heavy atom. The Balaban J connectivity index is 2.90. The molecule has 1 rings (SSSR count). The molecule has 0 bridgehead atoms. The number of nitrogens with zero attached hydrogens (tertiary/aromatic N) is 1. The molecule has 6 heteroatoms. The van der Waals surface area contributed by atoms with Gasteiger partial charge in [-0.1, -0.05) is 24.3 Å². The predicted molar refractivity (Wildman–Crippen MR) is 63.0 cm³/mol. The number of hydrogen-bond acceptors (Lipinski definition) is 2. The van der Waals surface area contributed by atoms with Crippen LogP contribution in [0.1, 0.15) is 30.5 Å². The van der Waals surface area contributed by atoms with E-state index in [1.54, 1.807) is 12.1 Å². The molecule has 0 fully saturated rings. The van der Waals surface area contributed by atoms with Gasteiger partial charge in [-0.25, -0.2) is 0 Å². The third kappa shape index (κ3) is 5.42. The number of hydrogen-bond donors (Lipinski definition) is 1. The molecule has 19 heavy (non-hydrogen) atoms. The maximum absolute atomic E-state index is 12.4. The Hall–Kier alpha value is -2.03. The van der Waals surface area contributed by atoms with Crippen molar-refractivity contribution < 1.29 is 18.0 Å². The number of carbonyl (C=O) groups is 1. The van der Waals surface area contributed by atoms with E-state index in [1.165, 1.54) is 19.1 Å². The lowest BCUT2D eigenvalue weighted by molar-refractivity contribution is -0.142. The monoisotopic (exact) mass is 270 g/mol. The van der Waals surface area contributed by atoms with Gasteiger partial charge in [-0.15, -0.1) is 0 Å². The minimum absolute atomic E-state index is 0.199. The lowest BCUT2D eigenvalue weighted by atomic mass is 10.0. The van der Waals surface area contributed by atoms with Gasteiger partial charge in [0.05, 0.1) is 25.0 Å². The van der Waals surface area contributed by atoms with Gasteiger partial charge < -0.3 is 5.32 Å². The van der Waals surface area contributed by atoms with Crippen LogP contribution in [0, 0.1) is 11.3 Å². The Kier molecular flexibility index (Phi) is 4.93. The zero-order valence-corrected chi connectivity index (χ0v) is 10.3. The Morgan fingerprint density at radius 1 is 1.37 bits per heavy atom. The first-order valence-corrected chi connectivity index (χ1v) is 5.61. The van der Waals surface area contributed by atoms with Crippen LogP contribution in [0.2, 0.25) is 0 Å². The van der Waals surface area contributed by atoms with E-state index >= 15 is 0 Å². The molecule has 0 aliphatic carbocycles. The Labute approximate surface area is 109 Å². The highest BCUT2D eigenvalue weighted by atomic mass is 19.4. The fraction of sp³-hybridized carbons (Fsp3) is 0.385. The van der Waals surface area contributed by atoms with Crippen LogP contribution in [0.3, 0.4) is 0 Å². The van der Waals surface area contributed by atoms with Crippen LogP contribution >= 0.6 is 0 Å². The first kappa shape index (κ1) is 15.0. The second-order valence-corrected chi connectivity index (χ2v) is 4.15. The second kappa shape index (κ2) is 6.23. The molecule has 0 saturated carbocycles. The molecule has 1 amide bonds. The van der Waals surface area contributed by atoms with Crippen molar-refractivity contribution >= 4 is 5.91 Å². The van der Waals surface area contributed by atoms with E-state index in [4.69, 9.17) is 5.26 Å². The molecule has 102 valence electrons. The maximum Gasteiger partial charge on any atom is 0.391 e. The third-order valence-electron chi connectivity index (χ3n) is 2.48. The van der Waals surface area contributed by atoms with Gasteiger partial charge in [0.25, 0.3) is 0 Å². The molecule has 1 unspecified atom stereocenters. The van der Waals surface area contributed by atoms with Crippen LogP contribution < -0.4 is 5.32 Å². The van der Waals surface area contributed by atoms with E-state index in [0.717, 1.165) is 5.56 Å². The zero-order valence-electron chi connectivity index (χ0n) is 10.3. The minimum Gasteiger partial charge on any atom is -0.349 e. The molecule has 1 aromatic carbocycles. The van der Waals surface area contributed by atoms with Gasteiger partial charge in [0.1, 0.15) is 0 Å². The van der Waals surface area contributed by atoms with Crippen molar-refractivity contribution in [1.82, 2.24) is 5.32 Å². The quantitative estimate of drug-likeness (QED) is 0.914. The number of nitrogens with one attached hydrogen (secondary N) is 1. The maximum atomic E-state index is 12.4. The van der Waals surface area contributed by atoms with Crippen molar-refractivity contribution in [2.75, 3.05) is 0 Å². The molecule has 0 aliphatic heterocycles. The van der Waals surface area contributed by atoms with Crippen LogP contribution in [-0.2, 0) is 11.2 Å². The van der Waals surface area contributed by atoms with Gasteiger partial charge in [-0.2, -0.15) is 18.4 Å². The predicted octanol–water partition coefficient (Wildman–Crippen LogP) is 2.88. The van der Waals surface area contributed by atoms with Crippen LogP contribution in [0.4, 0.5) is 13.2 Å². The molecule has 0 aliphatic rings. The zero-order chi connectivity index (χ0) is 14.5. The fourth-order valence-electron chi connectivity index (χ4n) is 1.69. The summed E-state index contributed by atoms with van der Waals surface area (Å²) in [6.07, 6.45) is -5.28. The lowest BCUT2D eigenvalue weighted by Gasteiger charge is -2.20. The lowest BCUT2D eigenvalue weighted by Crippen LogP contribution is -2.30. The highest BCUT2D eigenvalue weighted by Gasteiger charge is 2.33. The summed E-state index contributed by atoms with van der Waals surface area (Å²) in [6.45, 7) is 1.17. The molecule has 1 N–H and O–H groups in total. The molecule has 1 atom stereocenters. The van der Waals surface area contributed by atoms with E-state index in [2.05, 4.69) is 5.32 Å². The normalized spacial score (nSPS) is 12.6. The molecule has 0 aromatic heterocycles. The van der Waals surface area contributed by atoms with E-state index < -0.39 is 24.5 Å². The molecule has 0 radical (unpaired) electrons. The molecule has 3 nitrogen and oxygen atoms in total. The van der Waals surface area contributed by atoms with Gasteiger partial charge in [0.2, 0.25) is 5.91 Å². The fourth-order valence-corrected chi connectivity index (χ4v) is 1.69. The largest absolute Gasteiger partial charge is 0.391 e. The number of alkyl halides is 3. The summed E-state index contributed by atoms with van der Waals surface area (Å²) in [6, 6.07) is 7.02. The minimum atomic E-state index is -4.36. The molecule has 0 heterocycles. The first-order valence-electron chi connectivity index (χ1n) is 5.61. The summed E-state index contributed by atoms with van der Waals surface area (Å²) in [4.78, 5) is 11.0. The second-order valence-electron chi connectivity index (χ2n) is 4.15. The van der Waals surface area contributed by atoms with Gasteiger partial charge in [-0.05, 0) is 11.1 Å². The van der Waals surface area contributed by atoms with E-state index in [-0.39, 0.29) is 6.42 Å². The number of halogens is 3. The van der Waals surface area contributed by atoms with Crippen molar-refractivity contribution in [3.05, 3.63) is 35.4 Å². The van der Waals surface area contributed by atoms with Crippen LogP contribution in [0.5, 0.6) is 0 Å². The summed E-state index contributed by atoms with van der Waals surface area (Å²) < 4.78 is 37.3. The van der Waals surface area contributed by atoms with Crippen molar-refractivity contribution in [2.24, 2.45) is 0 Å². The van der Waals surface area contributed by atoms with Crippen LogP contribution in [-0.4, -0.2) is 12.1 Å². The van der Waals surface area contributed by atoms with Crippen LogP contribution in [0.25, 0.3) is 0 Å². The average molecular weight is 270 g/mol. The smallest absolute Gasteiger partial charge is 0.349 e. The Morgan fingerprint density at radius 3 is 2.37 bits per heavy atom. The number of nitriles is 1. The summed E-state index contributed by atoms with van der Waals surface area (Å²) in [5.41, 5.74) is 1.09. The van der Waals surface area contributed by atoms with Gasteiger partial charge >= 0.3 is 6.18 Å². The molecular formula is C13H13F3N2O. The van der Waals surface area contributed by atoms with Gasteiger partial charge in [-0.3, -0.25) is 4.79 Å². The van der Waals surface area contributed by atoms with Crippen molar-refractivity contribution in [2.45, 2.75) is 32.0 Å². The van der Waals surface area contributed by atoms with E-state index in [9.17, 15) is 18.0 Å². The van der Waals surface area contributed by atoms with Gasteiger partial charge in [0, 0.05) is 6.92 Å². The number of rotatable bonds is 4. The molecular weight excluding hydrogens is 257 g/mol. The summed E-state index contributed by atoms with van der Waals surface area (Å²) in [5, 5.41) is 10.8. The van der Waals surface area contributed by atoms with E-state index in [0.29, 0.717) is 5.56 Å². The highest BCUT2D eigenvalue weighted by molar-refractivity contribution is 5.73. The van der Waals surface area contributed by atoms with Crippen LogP contribution in [0.15, 0.2) is 24.3 Å².